The van der Waals surface area contributed by atoms with Crippen LogP contribution in [-0.4, -0.2) is 21.1 Å². The van der Waals surface area contributed by atoms with Gasteiger partial charge < -0.3 is 5.32 Å². The van der Waals surface area contributed by atoms with E-state index in [-0.39, 0.29) is 11.2 Å². The van der Waals surface area contributed by atoms with E-state index < -0.39 is 11.7 Å². The number of nitrogens with zero attached hydrogens (tertiary/aromatic N) is 2. The maximum Gasteiger partial charge on any atom is 0.295 e. The van der Waals surface area contributed by atoms with Crippen LogP contribution in [0, 0.1) is 5.82 Å². The first-order valence-corrected chi connectivity index (χ1v) is 6.76. The normalized spacial score (nSPS) is 11.4. The summed E-state index contributed by atoms with van der Waals surface area (Å²) in [6.07, 6.45) is 0. The highest BCUT2D eigenvalue weighted by molar-refractivity contribution is 9.10. The lowest BCUT2D eigenvalue weighted by Gasteiger charge is -2.12. The molecule has 1 aromatic heterocycles. The number of benzene rings is 1. The van der Waals surface area contributed by atoms with Crippen LogP contribution in [0.5, 0.6) is 0 Å². The van der Waals surface area contributed by atoms with Gasteiger partial charge in [-0.2, -0.15) is 0 Å². The van der Waals surface area contributed by atoms with Gasteiger partial charge in [0.2, 0.25) is 5.82 Å². The van der Waals surface area contributed by atoms with Gasteiger partial charge in [0.15, 0.2) is 0 Å². The molecular formula is C13H14BrFN4O. The highest BCUT2D eigenvalue weighted by atomic mass is 79.9. The van der Waals surface area contributed by atoms with Crippen LogP contribution in [-0.2, 0) is 5.41 Å². The average Bonchev–Trinajstić information content (AvgIpc) is 2.83. The Labute approximate surface area is 124 Å². The molecule has 0 unspecified atom stereocenters. The number of hydrogen-bond donors (Lipinski definition) is 2. The fraction of sp³-hybridized carbons (Fsp3) is 0.308. The first kappa shape index (κ1) is 14.6. The van der Waals surface area contributed by atoms with Crippen LogP contribution in [0.25, 0.3) is 0 Å². The number of aromatic nitrogens is 3. The zero-order valence-corrected chi connectivity index (χ0v) is 12.9. The molecule has 2 N–H and O–H groups in total. The van der Waals surface area contributed by atoms with Crippen molar-refractivity contribution < 1.29 is 9.18 Å². The monoisotopic (exact) mass is 340 g/mol. The Morgan fingerprint density at radius 2 is 2.10 bits per heavy atom. The van der Waals surface area contributed by atoms with Crippen molar-refractivity contribution in [2.75, 3.05) is 5.32 Å². The minimum atomic E-state index is -0.497. The Kier molecular flexibility index (Phi) is 3.89. The molecule has 0 saturated carbocycles. The summed E-state index contributed by atoms with van der Waals surface area (Å²) in [6, 6.07) is 4.03. The molecule has 0 atom stereocenters. The van der Waals surface area contributed by atoms with E-state index in [0.29, 0.717) is 16.0 Å². The highest BCUT2D eigenvalue weighted by Gasteiger charge is 2.21. The molecule has 2 rings (SSSR count). The van der Waals surface area contributed by atoms with Crippen molar-refractivity contribution >= 4 is 27.5 Å². The van der Waals surface area contributed by atoms with Crippen LogP contribution in [0.3, 0.4) is 0 Å². The van der Waals surface area contributed by atoms with Crippen LogP contribution in [0.4, 0.5) is 10.1 Å². The summed E-state index contributed by atoms with van der Waals surface area (Å²) in [6.45, 7) is 5.87. The number of carbonyl (C=O) groups excluding carboxylic acids is 1. The second kappa shape index (κ2) is 5.32. The molecule has 2 aromatic rings. The van der Waals surface area contributed by atoms with Gasteiger partial charge in [0.05, 0.1) is 5.69 Å². The Morgan fingerprint density at radius 3 is 2.70 bits per heavy atom. The van der Waals surface area contributed by atoms with Crippen LogP contribution >= 0.6 is 15.9 Å². The van der Waals surface area contributed by atoms with E-state index in [1.165, 1.54) is 18.2 Å². The van der Waals surface area contributed by atoms with Crippen molar-refractivity contribution in [3.63, 3.8) is 0 Å². The van der Waals surface area contributed by atoms with Crippen molar-refractivity contribution in [3.05, 3.63) is 40.1 Å². The third-order valence-electron chi connectivity index (χ3n) is 2.58. The van der Waals surface area contributed by atoms with Crippen LogP contribution in [0.2, 0.25) is 0 Å². The number of rotatable bonds is 2. The summed E-state index contributed by atoms with van der Waals surface area (Å²) >= 11 is 3.24. The van der Waals surface area contributed by atoms with Crippen molar-refractivity contribution in [3.8, 4) is 0 Å². The number of carbonyl (C=O) groups is 1. The van der Waals surface area contributed by atoms with Gasteiger partial charge in [-0.05, 0) is 34.1 Å². The number of halogens is 2. The molecule has 0 bridgehead atoms. The Morgan fingerprint density at radius 1 is 1.40 bits per heavy atom. The quantitative estimate of drug-likeness (QED) is 0.881. The molecule has 1 heterocycles. The van der Waals surface area contributed by atoms with Crippen molar-refractivity contribution in [2.24, 2.45) is 0 Å². The number of anilines is 1. The van der Waals surface area contributed by atoms with E-state index in [4.69, 9.17) is 0 Å². The second-order valence-corrected chi connectivity index (χ2v) is 6.19. The molecular weight excluding hydrogens is 327 g/mol. The van der Waals surface area contributed by atoms with Gasteiger partial charge in [0, 0.05) is 9.89 Å². The van der Waals surface area contributed by atoms with Gasteiger partial charge in [-0.1, -0.05) is 20.8 Å². The zero-order valence-electron chi connectivity index (χ0n) is 11.3. The molecule has 106 valence electrons. The first-order valence-electron chi connectivity index (χ1n) is 5.96. The lowest BCUT2D eigenvalue weighted by atomic mass is 9.96. The fourth-order valence-electron chi connectivity index (χ4n) is 1.47. The van der Waals surface area contributed by atoms with Gasteiger partial charge in [-0.3, -0.25) is 9.89 Å². The van der Waals surface area contributed by atoms with Crippen molar-refractivity contribution in [2.45, 2.75) is 26.2 Å². The lowest BCUT2D eigenvalue weighted by Crippen LogP contribution is -2.16. The molecule has 1 amide bonds. The summed E-state index contributed by atoms with van der Waals surface area (Å²) < 4.78 is 13.7. The molecule has 0 radical (unpaired) electrons. The topological polar surface area (TPSA) is 70.7 Å². The van der Waals surface area contributed by atoms with Crippen LogP contribution in [0.15, 0.2) is 22.7 Å². The summed E-state index contributed by atoms with van der Waals surface area (Å²) in [5.41, 5.74) is 0.0995. The number of amides is 1. The molecule has 7 heteroatoms. The maximum absolute atomic E-state index is 13.2. The number of nitrogens with one attached hydrogen (secondary N) is 2. The van der Waals surface area contributed by atoms with E-state index in [0.717, 1.165) is 0 Å². The van der Waals surface area contributed by atoms with Crippen LogP contribution in [0.1, 0.15) is 37.2 Å². The van der Waals surface area contributed by atoms with Gasteiger partial charge in [-0.25, -0.2) is 9.37 Å². The Bertz CT molecular complexity index is 648. The van der Waals surface area contributed by atoms with E-state index in [2.05, 4.69) is 36.4 Å². The fourth-order valence-corrected chi connectivity index (χ4v) is 1.82. The van der Waals surface area contributed by atoms with Crippen LogP contribution < -0.4 is 5.32 Å². The van der Waals surface area contributed by atoms with Crippen molar-refractivity contribution in [1.82, 2.24) is 15.2 Å². The predicted molar refractivity (Wildman–Crippen MR) is 77.1 cm³/mol. The zero-order chi connectivity index (χ0) is 14.9. The van der Waals surface area contributed by atoms with Crippen molar-refractivity contribution in [1.29, 1.82) is 0 Å². The number of aromatic amines is 1. The van der Waals surface area contributed by atoms with Gasteiger partial charge in [0.25, 0.3) is 5.91 Å². The lowest BCUT2D eigenvalue weighted by molar-refractivity contribution is 0.101. The molecule has 0 fully saturated rings. The molecule has 1 aromatic carbocycles. The maximum atomic E-state index is 13.2. The Hall–Kier alpha value is -1.76. The third-order valence-corrected chi connectivity index (χ3v) is 3.27. The Balaban J connectivity index is 2.20. The molecule has 5 nitrogen and oxygen atoms in total. The number of hydrogen-bond acceptors (Lipinski definition) is 3. The third kappa shape index (κ3) is 3.22. The summed E-state index contributed by atoms with van der Waals surface area (Å²) in [4.78, 5) is 16.2. The van der Waals surface area contributed by atoms with Gasteiger partial charge in [-0.15, -0.1) is 5.10 Å². The summed E-state index contributed by atoms with van der Waals surface area (Å²) in [7, 11) is 0. The minimum absolute atomic E-state index is 0.0195. The summed E-state index contributed by atoms with van der Waals surface area (Å²) in [5, 5.41) is 9.17. The molecule has 0 saturated heterocycles. The SMILES string of the molecule is CC(C)(C)c1nc(C(=O)Nc2cc(F)ccc2Br)n[nH]1. The standard InChI is InChI=1S/C13H14BrFN4O/c1-13(2,3)12-17-10(18-19-12)11(20)16-9-6-7(15)4-5-8(9)14/h4-6H,1-3H3,(H,16,20)(H,17,18,19). The van der Waals surface area contributed by atoms with Gasteiger partial charge in [0.1, 0.15) is 11.6 Å². The minimum Gasteiger partial charge on any atom is -0.318 e. The predicted octanol–water partition coefficient (Wildman–Crippen LogP) is 3.26. The van der Waals surface area contributed by atoms with E-state index in [1.807, 2.05) is 20.8 Å². The van der Waals surface area contributed by atoms with Gasteiger partial charge >= 0.3 is 0 Å². The molecule has 0 aliphatic carbocycles. The molecule has 0 aliphatic heterocycles. The first-order chi connectivity index (χ1) is 9.27. The molecule has 0 spiro atoms. The highest BCUT2D eigenvalue weighted by Crippen LogP contribution is 2.23. The van der Waals surface area contributed by atoms with E-state index in [9.17, 15) is 9.18 Å². The average molecular weight is 341 g/mol. The molecule has 20 heavy (non-hydrogen) atoms. The number of H-pyrrole nitrogens is 1. The van der Waals surface area contributed by atoms with E-state index in [1.54, 1.807) is 0 Å². The van der Waals surface area contributed by atoms with E-state index >= 15 is 0 Å². The second-order valence-electron chi connectivity index (χ2n) is 5.34. The summed E-state index contributed by atoms with van der Waals surface area (Å²) in [5.74, 6) is -0.302. The smallest absolute Gasteiger partial charge is 0.295 e. The largest absolute Gasteiger partial charge is 0.318 e. The molecule has 0 aliphatic rings.